The molecule has 2 heterocycles. The molecule has 1 fully saturated rings. The highest BCUT2D eigenvalue weighted by Crippen LogP contribution is 2.30. The van der Waals surface area contributed by atoms with Crippen LogP contribution in [0.4, 0.5) is 10.1 Å². The van der Waals surface area contributed by atoms with Gasteiger partial charge in [-0.1, -0.05) is 23.7 Å². The fraction of sp³-hybridized carbons (Fsp3) is 0.316. The second kappa shape index (κ2) is 8.47. The molecule has 2 aliphatic rings. The molecular formula is C19H20ClFN4O4S2. The molecule has 4 rings (SSSR count). The van der Waals surface area contributed by atoms with Crippen molar-refractivity contribution in [3.8, 4) is 0 Å². The quantitative estimate of drug-likeness (QED) is 0.712. The van der Waals surface area contributed by atoms with Gasteiger partial charge in [-0.3, -0.25) is 4.90 Å². The maximum Gasteiger partial charge on any atom is 0.286 e. The second-order valence-corrected chi connectivity index (χ2v) is 11.2. The largest absolute Gasteiger partial charge is 0.341 e. The fourth-order valence-electron chi connectivity index (χ4n) is 3.60. The molecule has 0 unspecified atom stereocenters. The van der Waals surface area contributed by atoms with E-state index in [4.69, 9.17) is 11.6 Å². The molecule has 1 saturated heterocycles. The van der Waals surface area contributed by atoms with Crippen LogP contribution in [0.15, 0.2) is 56.7 Å². The minimum absolute atomic E-state index is 0.0155. The van der Waals surface area contributed by atoms with Crippen LogP contribution >= 0.6 is 11.6 Å². The van der Waals surface area contributed by atoms with Crippen molar-refractivity contribution in [2.45, 2.75) is 16.2 Å². The number of anilines is 1. The van der Waals surface area contributed by atoms with Crippen LogP contribution < -0.4 is 5.32 Å². The number of nitrogens with one attached hydrogen (secondary N) is 1. The Morgan fingerprint density at radius 3 is 2.65 bits per heavy atom. The number of hydrogen-bond donors (Lipinski definition) is 1. The molecule has 166 valence electrons. The molecule has 0 aliphatic carbocycles. The summed E-state index contributed by atoms with van der Waals surface area (Å²) in [5.41, 5.74) is 0.396. The number of fused-ring (bicyclic) bond motifs is 1. The van der Waals surface area contributed by atoms with E-state index < -0.39 is 25.9 Å². The van der Waals surface area contributed by atoms with Crippen LogP contribution in [0.25, 0.3) is 0 Å². The maximum atomic E-state index is 14.0. The van der Waals surface area contributed by atoms with Crippen molar-refractivity contribution < 1.29 is 21.2 Å². The SMILES string of the molecule is O=S1(=O)N=C(CN2CCCN(S(=O)(=O)c3ccccc3F)CC2)Nc2ccc(Cl)cc21. The van der Waals surface area contributed by atoms with E-state index in [1.807, 2.05) is 4.90 Å². The van der Waals surface area contributed by atoms with E-state index in [2.05, 4.69) is 9.71 Å². The number of amidine groups is 1. The van der Waals surface area contributed by atoms with Crippen molar-refractivity contribution in [1.82, 2.24) is 9.21 Å². The van der Waals surface area contributed by atoms with Gasteiger partial charge in [0.25, 0.3) is 10.0 Å². The Hall–Kier alpha value is -2.05. The van der Waals surface area contributed by atoms with Gasteiger partial charge < -0.3 is 5.32 Å². The van der Waals surface area contributed by atoms with E-state index in [-0.39, 0.29) is 35.3 Å². The molecular weight excluding hydrogens is 467 g/mol. The highest BCUT2D eigenvalue weighted by atomic mass is 35.5. The van der Waals surface area contributed by atoms with E-state index in [9.17, 15) is 21.2 Å². The van der Waals surface area contributed by atoms with Gasteiger partial charge in [0.2, 0.25) is 10.0 Å². The lowest BCUT2D eigenvalue weighted by Crippen LogP contribution is -2.39. The molecule has 31 heavy (non-hydrogen) atoms. The smallest absolute Gasteiger partial charge is 0.286 e. The van der Waals surface area contributed by atoms with Crippen LogP contribution in [0.3, 0.4) is 0 Å². The van der Waals surface area contributed by atoms with Gasteiger partial charge in [-0.25, -0.2) is 12.8 Å². The third-order valence-corrected chi connectivity index (χ3v) is 8.63. The lowest BCUT2D eigenvalue weighted by Gasteiger charge is -2.24. The Morgan fingerprint density at radius 2 is 1.87 bits per heavy atom. The van der Waals surface area contributed by atoms with Gasteiger partial charge >= 0.3 is 0 Å². The lowest BCUT2D eigenvalue weighted by molar-refractivity contribution is 0.324. The summed E-state index contributed by atoms with van der Waals surface area (Å²) in [4.78, 5) is 1.59. The fourth-order valence-corrected chi connectivity index (χ4v) is 6.54. The minimum Gasteiger partial charge on any atom is -0.341 e. The van der Waals surface area contributed by atoms with Gasteiger partial charge in [-0.05, 0) is 43.3 Å². The van der Waals surface area contributed by atoms with E-state index >= 15 is 0 Å². The molecule has 0 amide bonds. The van der Waals surface area contributed by atoms with Gasteiger partial charge in [0.05, 0.1) is 12.2 Å². The average molecular weight is 487 g/mol. The first kappa shape index (κ1) is 22.2. The van der Waals surface area contributed by atoms with Gasteiger partial charge in [0.1, 0.15) is 21.4 Å². The zero-order valence-electron chi connectivity index (χ0n) is 16.3. The highest BCUT2D eigenvalue weighted by Gasteiger charge is 2.30. The normalized spacial score (nSPS) is 19.7. The van der Waals surface area contributed by atoms with Crippen LogP contribution in [0.2, 0.25) is 5.02 Å². The lowest BCUT2D eigenvalue weighted by atomic mass is 10.3. The molecule has 1 N–H and O–H groups in total. The first-order valence-corrected chi connectivity index (χ1v) is 12.8. The first-order valence-electron chi connectivity index (χ1n) is 9.54. The molecule has 12 heteroatoms. The van der Waals surface area contributed by atoms with E-state index in [0.29, 0.717) is 30.2 Å². The Labute approximate surface area is 185 Å². The molecule has 0 aromatic heterocycles. The topological polar surface area (TPSA) is 99.2 Å². The third-order valence-electron chi connectivity index (χ3n) is 5.11. The summed E-state index contributed by atoms with van der Waals surface area (Å²) < 4.78 is 69.8. The predicted molar refractivity (Wildman–Crippen MR) is 116 cm³/mol. The van der Waals surface area contributed by atoms with Crippen LogP contribution in [0.1, 0.15) is 6.42 Å². The van der Waals surface area contributed by atoms with Crippen LogP contribution in [-0.2, 0) is 20.0 Å². The third kappa shape index (κ3) is 4.60. The summed E-state index contributed by atoms with van der Waals surface area (Å²) in [6.45, 7) is 1.49. The summed E-state index contributed by atoms with van der Waals surface area (Å²) in [5, 5.41) is 3.31. The molecule has 0 radical (unpaired) electrons. The van der Waals surface area contributed by atoms with Crippen molar-refractivity contribution in [2.24, 2.45) is 4.40 Å². The summed E-state index contributed by atoms with van der Waals surface area (Å²) in [6, 6.07) is 9.81. The van der Waals surface area contributed by atoms with Crippen LogP contribution in [-0.4, -0.2) is 64.6 Å². The Balaban J connectivity index is 1.47. The van der Waals surface area contributed by atoms with Gasteiger partial charge in [0, 0.05) is 24.7 Å². The van der Waals surface area contributed by atoms with E-state index in [1.165, 1.54) is 28.6 Å². The number of sulfonamides is 2. The van der Waals surface area contributed by atoms with Crippen LogP contribution in [0, 0.1) is 5.82 Å². The first-order chi connectivity index (χ1) is 14.7. The molecule has 0 bridgehead atoms. The monoisotopic (exact) mass is 486 g/mol. The van der Waals surface area contributed by atoms with Gasteiger partial charge in [0.15, 0.2) is 0 Å². The predicted octanol–water partition coefficient (Wildman–Crippen LogP) is 2.39. The molecule has 2 aromatic carbocycles. The van der Waals surface area contributed by atoms with Crippen molar-refractivity contribution in [3.63, 3.8) is 0 Å². The van der Waals surface area contributed by atoms with Crippen LogP contribution in [0.5, 0.6) is 0 Å². The van der Waals surface area contributed by atoms with E-state index in [0.717, 1.165) is 6.07 Å². The van der Waals surface area contributed by atoms with Gasteiger partial charge in [-0.2, -0.15) is 12.7 Å². The summed E-state index contributed by atoms with van der Waals surface area (Å²) >= 11 is 5.89. The number of hydrogen-bond acceptors (Lipinski definition) is 6. The second-order valence-electron chi connectivity index (χ2n) is 7.24. The zero-order chi connectivity index (χ0) is 22.2. The number of benzene rings is 2. The number of rotatable bonds is 4. The maximum absolute atomic E-state index is 14.0. The summed E-state index contributed by atoms with van der Waals surface area (Å²) in [5.74, 6) is -0.534. The number of nitrogens with zero attached hydrogens (tertiary/aromatic N) is 3. The molecule has 0 spiro atoms. The molecule has 0 saturated carbocycles. The van der Waals surface area contributed by atoms with Gasteiger partial charge in [-0.15, -0.1) is 4.40 Å². The van der Waals surface area contributed by atoms with Crippen molar-refractivity contribution >= 4 is 43.2 Å². The number of halogens is 2. The Bertz CT molecular complexity index is 1250. The van der Waals surface area contributed by atoms with Crippen molar-refractivity contribution in [2.75, 3.05) is 38.0 Å². The Kier molecular flexibility index (Phi) is 6.05. The zero-order valence-corrected chi connectivity index (χ0v) is 18.7. The Morgan fingerprint density at radius 1 is 1.10 bits per heavy atom. The highest BCUT2D eigenvalue weighted by molar-refractivity contribution is 7.90. The molecule has 8 nitrogen and oxygen atoms in total. The minimum atomic E-state index is -3.96. The van der Waals surface area contributed by atoms with E-state index in [1.54, 1.807) is 12.1 Å². The molecule has 0 atom stereocenters. The molecule has 2 aliphatic heterocycles. The summed E-state index contributed by atoms with van der Waals surface area (Å²) in [6.07, 6.45) is 0.514. The standard InChI is InChI=1S/C19H20ClFN4O4S2/c20-14-6-7-16-18(12-14)30(26,27)23-19(22-16)13-24-8-3-9-25(11-10-24)31(28,29)17-5-2-1-4-15(17)21/h1-2,4-7,12H,3,8-11,13H2,(H,22,23). The summed E-state index contributed by atoms with van der Waals surface area (Å²) in [7, 11) is -7.84. The van der Waals surface area contributed by atoms with Crippen molar-refractivity contribution in [1.29, 1.82) is 0 Å². The average Bonchev–Trinajstić information content (AvgIpc) is 2.94. The molecule has 2 aromatic rings. The van der Waals surface area contributed by atoms with Crippen molar-refractivity contribution in [3.05, 3.63) is 53.3 Å².